The number of carbonyl (C=O) groups is 1. The van der Waals surface area contributed by atoms with Crippen molar-refractivity contribution >= 4 is 18.3 Å². The number of hydrogen-bond acceptors (Lipinski definition) is 4. The highest BCUT2D eigenvalue weighted by Gasteiger charge is 2.11. The molecule has 0 aliphatic rings. The van der Waals surface area contributed by atoms with E-state index in [9.17, 15) is 9.90 Å². The zero-order chi connectivity index (χ0) is 14.1. The molecule has 19 heavy (non-hydrogen) atoms. The van der Waals surface area contributed by atoms with E-state index in [1.165, 1.54) is 19.4 Å². The van der Waals surface area contributed by atoms with Gasteiger partial charge in [0, 0.05) is 12.8 Å². The number of allylic oxidation sites excluding steroid dienone is 1. The zero-order valence-corrected chi connectivity index (χ0v) is 11.0. The van der Waals surface area contributed by atoms with Crippen LogP contribution in [0.25, 0.3) is 6.08 Å². The number of aliphatic imine (C=N–C) groups is 1. The number of methoxy groups -OCH3 is 1. The quantitative estimate of drug-likeness (QED) is 0.291. The van der Waals surface area contributed by atoms with Gasteiger partial charge in [0.15, 0.2) is 0 Å². The van der Waals surface area contributed by atoms with Gasteiger partial charge in [-0.2, -0.15) is 0 Å². The van der Waals surface area contributed by atoms with Gasteiger partial charge in [-0.15, -0.1) is 0 Å². The minimum absolute atomic E-state index is 0.0385. The summed E-state index contributed by atoms with van der Waals surface area (Å²) in [5.74, 6) is -0.791. The molecule has 0 amide bonds. The number of nitrogens with zero attached hydrogens (tertiary/aromatic N) is 1. The lowest BCUT2D eigenvalue weighted by atomic mass is 10.1. The second kappa shape index (κ2) is 7.87. The number of benzene rings is 1. The monoisotopic (exact) mass is 259 g/mol. The van der Waals surface area contributed by atoms with Crippen LogP contribution in [0.2, 0.25) is 0 Å². The van der Waals surface area contributed by atoms with Crippen molar-refractivity contribution in [1.82, 2.24) is 0 Å². The van der Waals surface area contributed by atoms with Crippen molar-refractivity contribution in [2.75, 3.05) is 13.7 Å². The first-order chi connectivity index (χ1) is 9.19. The van der Waals surface area contributed by atoms with Crippen molar-refractivity contribution in [1.29, 1.82) is 0 Å². The van der Waals surface area contributed by atoms with Crippen molar-refractivity contribution in [3.63, 3.8) is 0 Å². The Morgan fingerprint density at radius 3 is 2.63 bits per heavy atom. The van der Waals surface area contributed by atoms with E-state index in [0.717, 1.165) is 5.56 Å². The van der Waals surface area contributed by atoms with Crippen molar-refractivity contribution in [3.05, 3.63) is 53.3 Å². The highest BCUT2D eigenvalue weighted by atomic mass is 16.5. The topological polar surface area (TPSA) is 58.9 Å². The highest BCUT2D eigenvalue weighted by Crippen LogP contribution is 2.08. The summed E-state index contributed by atoms with van der Waals surface area (Å²) in [5.41, 5.74) is 0.960. The van der Waals surface area contributed by atoms with Gasteiger partial charge in [-0.05, 0) is 18.6 Å². The Hall–Kier alpha value is -2.36. The predicted octanol–water partition coefficient (Wildman–Crippen LogP) is 2.78. The summed E-state index contributed by atoms with van der Waals surface area (Å²) >= 11 is 0. The summed E-state index contributed by atoms with van der Waals surface area (Å²) in [6, 6.07) is 9.46. The number of aliphatic hydroxyl groups is 1. The van der Waals surface area contributed by atoms with E-state index in [1.54, 1.807) is 6.08 Å². The molecule has 4 nitrogen and oxygen atoms in total. The number of aliphatic hydroxyl groups excluding tert-OH is 1. The van der Waals surface area contributed by atoms with E-state index in [-0.39, 0.29) is 11.3 Å². The van der Waals surface area contributed by atoms with Crippen molar-refractivity contribution in [3.8, 4) is 0 Å². The van der Waals surface area contributed by atoms with Gasteiger partial charge in [0.05, 0.1) is 7.11 Å². The van der Waals surface area contributed by atoms with Crippen LogP contribution in [0, 0.1) is 0 Å². The molecule has 0 heterocycles. The Balaban J connectivity index is 2.99. The molecule has 0 aromatic heterocycles. The average molecular weight is 259 g/mol. The van der Waals surface area contributed by atoms with Crippen LogP contribution >= 0.6 is 0 Å². The predicted molar refractivity (Wildman–Crippen MR) is 76.2 cm³/mol. The van der Waals surface area contributed by atoms with Gasteiger partial charge in [-0.1, -0.05) is 36.4 Å². The summed E-state index contributed by atoms with van der Waals surface area (Å²) in [6.07, 6.45) is 4.47. The lowest BCUT2D eigenvalue weighted by Gasteiger charge is -2.01. The van der Waals surface area contributed by atoms with Gasteiger partial charge in [-0.3, -0.25) is 4.99 Å². The molecular weight excluding hydrogens is 242 g/mol. The first kappa shape index (κ1) is 14.7. The normalized spacial score (nSPS) is 12.7. The Kier molecular flexibility index (Phi) is 6.09. The third-order valence-electron chi connectivity index (χ3n) is 2.32. The fourth-order valence-electron chi connectivity index (χ4n) is 1.35. The van der Waals surface area contributed by atoms with E-state index in [4.69, 9.17) is 0 Å². The minimum atomic E-state index is -0.618. The smallest absolute Gasteiger partial charge is 0.343 e. The van der Waals surface area contributed by atoms with Gasteiger partial charge in [0.2, 0.25) is 0 Å². The fourth-order valence-corrected chi connectivity index (χ4v) is 1.35. The molecule has 0 radical (unpaired) electrons. The second-order valence-electron chi connectivity index (χ2n) is 3.66. The van der Waals surface area contributed by atoms with E-state index in [0.29, 0.717) is 6.54 Å². The third kappa shape index (κ3) is 4.79. The molecule has 1 aromatic rings. The summed E-state index contributed by atoms with van der Waals surface area (Å²) < 4.78 is 4.60. The summed E-state index contributed by atoms with van der Waals surface area (Å²) in [6.45, 7) is 2.36. The van der Waals surface area contributed by atoms with Gasteiger partial charge in [-0.25, -0.2) is 4.79 Å². The van der Waals surface area contributed by atoms with E-state index >= 15 is 0 Å². The van der Waals surface area contributed by atoms with Crippen LogP contribution in [-0.4, -0.2) is 30.9 Å². The van der Waals surface area contributed by atoms with Crippen LogP contribution in [0.4, 0.5) is 0 Å². The molecule has 4 heteroatoms. The molecule has 0 spiro atoms. The third-order valence-corrected chi connectivity index (χ3v) is 2.32. The minimum Gasteiger partial charge on any atom is -0.507 e. The van der Waals surface area contributed by atoms with Gasteiger partial charge < -0.3 is 9.84 Å². The number of ether oxygens (including phenoxy) is 1. The molecule has 0 fully saturated rings. The number of rotatable bonds is 5. The van der Waals surface area contributed by atoms with Crippen LogP contribution in [0.15, 0.2) is 52.7 Å². The van der Waals surface area contributed by atoms with Crippen LogP contribution in [0.1, 0.15) is 12.5 Å². The molecule has 0 aliphatic carbocycles. The van der Waals surface area contributed by atoms with Crippen molar-refractivity contribution in [2.24, 2.45) is 4.99 Å². The van der Waals surface area contributed by atoms with E-state index < -0.39 is 5.97 Å². The maximum atomic E-state index is 11.5. The molecule has 0 atom stereocenters. The Morgan fingerprint density at radius 1 is 1.37 bits per heavy atom. The van der Waals surface area contributed by atoms with Gasteiger partial charge in [0.25, 0.3) is 0 Å². The number of esters is 1. The molecule has 1 aromatic carbocycles. The van der Waals surface area contributed by atoms with Crippen molar-refractivity contribution in [2.45, 2.75) is 6.92 Å². The largest absolute Gasteiger partial charge is 0.507 e. The lowest BCUT2D eigenvalue weighted by molar-refractivity contribution is -0.135. The standard InChI is InChI=1S/C15H17NO3/c1-3-16-11-13(15(18)19-2)14(17)10-9-12-7-5-4-6-8-12/h4-11,17H,3H2,1-2H3/b10-9+,14-13?,16-11?. The first-order valence-electron chi connectivity index (χ1n) is 5.93. The van der Waals surface area contributed by atoms with Crippen LogP contribution in [0.3, 0.4) is 0 Å². The maximum absolute atomic E-state index is 11.5. The molecule has 1 rings (SSSR count). The molecule has 0 saturated carbocycles. The molecule has 0 saturated heterocycles. The average Bonchev–Trinajstić information content (AvgIpc) is 2.46. The molecule has 0 unspecified atom stereocenters. The Morgan fingerprint density at radius 2 is 2.05 bits per heavy atom. The van der Waals surface area contributed by atoms with Crippen LogP contribution in [-0.2, 0) is 9.53 Å². The molecule has 0 aliphatic heterocycles. The molecule has 1 N–H and O–H groups in total. The Labute approximate surface area is 112 Å². The highest BCUT2D eigenvalue weighted by molar-refractivity contribution is 6.10. The number of carbonyl (C=O) groups excluding carboxylic acids is 1. The van der Waals surface area contributed by atoms with Crippen molar-refractivity contribution < 1.29 is 14.6 Å². The van der Waals surface area contributed by atoms with Crippen LogP contribution < -0.4 is 0 Å². The molecule has 100 valence electrons. The zero-order valence-electron chi connectivity index (χ0n) is 11.0. The molecule has 0 bridgehead atoms. The maximum Gasteiger partial charge on any atom is 0.343 e. The Bertz CT molecular complexity index is 501. The van der Waals surface area contributed by atoms with Gasteiger partial charge >= 0.3 is 5.97 Å². The summed E-state index contributed by atoms with van der Waals surface area (Å²) in [4.78, 5) is 15.4. The van der Waals surface area contributed by atoms with Crippen LogP contribution in [0.5, 0.6) is 0 Å². The summed E-state index contributed by atoms with van der Waals surface area (Å²) in [5, 5.41) is 9.90. The lowest BCUT2D eigenvalue weighted by Crippen LogP contribution is -2.08. The van der Waals surface area contributed by atoms with Gasteiger partial charge in [0.1, 0.15) is 11.3 Å². The second-order valence-corrected chi connectivity index (χ2v) is 3.66. The van der Waals surface area contributed by atoms with E-state index in [1.807, 2.05) is 37.3 Å². The fraction of sp³-hybridized carbons (Fsp3) is 0.200. The first-order valence-corrected chi connectivity index (χ1v) is 5.93. The number of hydrogen-bond donors (Lipinski definition) is 1. The molecular formula is C15H17NO3. The SMILES string of the molecule is CCN=CC(C(=O)OC)=C(O)/C=C/c1ccccc1. The summed E-state index contributed by atoms with van der Waals surface area (Å²) in [7, 11) is 1.26. The van der Waals surface area contributed by atoms with E-state index in [2.05, 4.69) is 9.73 Å².